The molecular formula is C4H8FIO2. The fourth-order valence-electron chi connectivity index (χ4n) is 0.229. The lowest BCUT2D eigenvalue weighted by molar-refractivity contribution is 0.155. The Kier molecular flexibility index (Phi) is 4.78. The van der Waals surface area contributed by atoms with E-state index in [2.05, 4.69) is 0 Å². The Morgan fingerprint density at radius 1 is 1.38 bits per heavy atom. The molecule has 0 aliphatic rings. The van der Waals surface area contributed by atoms with E-state index in [9.17, 15) is 4.39 Å². The van der Waals surface area contributed by atoms with Crippen molar-refractivity contribution in [1.29, 1.82) is 0 Å². The van der Waals surface area contributed by atoms with Crippen LogP contribution in [0.25, 0.3) is 0 Å². The second-order valence-corrected chi connectivity index (χ2v) is 3.00. The van der Waals surface area contributed by atoms with Crippen molar-refractivity contribution in [3.63, 3.8) is 0 Å². The third-order valence-corrected chi connectivity index (χ3v) is 1.92. The number of hydrogen-bond acceptors (Lipinski definition) is 2. The summed E-state index contributed by atoms with van der Waals surface area (Å²) in [6.45, 7) is -0.726. The van der Waals surface area contributed by atoms with E-state index in [-0.39, 0.29) is 6.61 Å². The van der Waals surface area contributed by atoms with E-state index >= 15 is 0 Å². The molecule has 0 spiro atoms. The van der Waals surface area contributed by atoms with E-state index in [0.29, 0.717) is 0 Å². The van der Waals surface area contributed by atoms with Crippen LogP contribution in [0.5, 0.6) is 0 Å². The van der Waals surface area contributed by atoms with Crippen LogP contribution in [-0.4, -0.2) is 33.5 Å². The van der Waals surface area contributed by atoms with Gasteiger partial charge in [0.2, 0.25) is 0 Å². The zero-order chi connectivity index (χ0) is 6.57. The molecule has 2 unspecified atom stereocenters. The van der Waals surface area contributed by atoms with Crippen LogP contribution in [0.1, 0.15) is 0 Å². The van der Waals surface area contributed by atoms with Crippen molar-refractivity contribution in [1.82, 2.24) is 0 Å². The van der Waals surface area contributed by atoms with Gasteiger partial charge in [-0.2, -0.15) is 0 Å². The van der Waals surface area contributed by atoms with Gasteiger partial charge in [0.15, 0.2) is 0 Å². The molecule has 0 aliphatic heterocycles. The summed E-state index contributed by atoms with van der Waals surface area (Å²) in [5, 5.41) is 16.4. The van der Waals surface area contributed by atoms with Crippen molar-refractivity contribution in [2.45, 2.75) is 10.1 Å². The predicted molar refractivity (Wildman–Crippen MR) is 36.9 cm³/mol. The van der Waals surface area contributed by atoms with Crippen LogP contribution in [0.4, 0.5) is 4.39 Å². The maximum absolute atomic E-state index is 12.1. The third kappa shape index (κ3) is 2.78. The minimum atomic E-state index is -1.29. The fraction of sp³-hybridized carbons (Fsp3) is 1.00. The lowest BCUT2D eigenvalue weighted by atomic mass is 10.3. The van der Waals surface area contributed by atoms with Gasteiger partial charge in [-0.05, 0) is 0 Å². The van der Waals surface area contributed by atoms with Crippen molar-refractivity contribution >= 4 is 22.6 Å². The smallest absolute Gasteiger partial charge is 0.137 e. The van der Waals surface area contributed by atoms with Crippen LogP contribution in [-0.2, 0) is 0 Å². The Labute approximate surface area is 60.8 Å². The normalized spacial score (nSPS) is 18.0. The van der Waals surface area contributed by atoms with Gasteiger partial charge in [-0.1, -0.05) is 22.6 Å². The second-order valence-electron chi connectivity index (χ2n) is 1.40. The summed E-state index contributed by atoms with van der Waals surface area (Å²) in [5.41, 5.74) is 0. The van der Waals surface area contributed by atoms with Gasteiger partial charge in [0, 0.05) is 0 Å². The fourth-order valence-corrected chi connectivity index (χ4v) is 0.456. The molecular weight excluding hydrogens is 226 g/mol. The molecule has 0 aromatic carbocycles. The van der Waals surface area contributed by atoms with Gasteiger partial charge >= 0.3 is 0 Å². The Hall–Kier alpha value is 0.580. The number of halogens is 2. The van der Waals surface area contributed by atoms with Gasteiger partial charge in [-0.3, -0.25) is 0 Å². The highest BCUT2D eigenvalue weighted by Crippen LogP contribution is 2.07. The van der Waals surface area contributed by atoms with Gasteiger partial charge in [0.1, 0.15) is 6.17 Å². The number of hydrogen-bond donors (Lipinski definition) is 2. The molecule has 0 aliphatic carbocycles. The van der Waals surface area contributed by atoms with Crippen LogP contribution < -0.4 is 0 Å². The zero-order valence-corrected chi connectivity index (χ0v) is 6.38. The predicted octanol–water partition coefficient (Wildman–Crippen LogP) is 0.113. The van der Waals surface area contributed by atoms with Gasteiger partial charge < -0.3 is 10.2 Å². The van der Waals surface area contributed by atoms with E-state index in [1.165, 1.54) is 0 Å². The number of aliphatic hydroxyl groups excluding tert-OH is 2. The molecule has 0 saturated carbocycles. The topological polar surface area (TPSA) is 40.5 Å². The SMILES string of the molecule is OCC(F)C(I)CO. The molecule has 2 atom stereocenters. The van der Waals surface area contributed by atoms with Gasteiger partial charge in [0.05, 0.1) is 17.1 Å². The Balaban J connectivity index is 3.29. The molecule has 0 aromatic rings. The van der Waals surface area contributed by atoms with Crippen LogP contribution in [0, 0.1) is 0 Å². The first kappa shape index (κ1) is 8.58. The van der Waals surface area contributed by atoms with Crippen molar-refractivity contribution in [3.05, 3.63) is 0 Å². The number of aliphatic hydroxyl groups is 2. The molecule has 0 saturated heterocycles. The molecule has 2 nitrogen and oxygen atoms in total. The molecule has 0 fully saturated rings. The average molecular weight is 234 g/mol. The van der Waals surface area contributed by atoms with Gasteiger partial charge in [-0.25, -0.2) is 4.39 Å². The summed E-state index contributed by atoms with van der Waals surface area (Å²) in [7, 11) is 0. The van der Waals surface area contributed by atoms with E-state index in [4.69, 9.17) is 10.2 Å². The van der Waals surface area contributed by atoms with E-state index in [1.54, 1.807) is 22.6 Å². The molecule has 0 amide bonds. The van der Waals surface area contributed by atoms with Crippen LogP contribution in [0.3, 0.4) is 0 Å². The highest BCUT2D eigenvalue weighted by Gasteiger charge is 2.14. The summed E-state index contributed by atoms with van der Waals surface area (Å²) in [6.07, 6.45) is -1.29. The molecule has 0 heterocycles. The van der Waals surface area contributed by atoms with Crippen LogP contribution >= 0.6 is 22.6 Å². The van der Waals surface area contributed by atoms with Gasteiger partial charge in [-0.15, -0.1) is 0 Å². The molecule has 0 aromatic heterocycles. The average Bonchev–Trinajstić information content (AvgIpc) is 1.84. The highest BCUT2D eigenvalue weighted by molar-refractivity contribution is 14.1. The lowest BCUT2D eigenvalue weighted by Gasteiger charge is -2.07. The van der Waals surface area contributed by atoms with Crippen molar-refractivity contribution < 1.29 is 14.6 Å². The monoisotopic (exact) mass is 234 g/mol. The summed E-state index contributed by atoms with van der Waals surface area (Å²) >= 11 is 1.75. The van der Waals surface area contributed by atoms with E-state index in [1.807, 2.05) is 0 Å². The minimum absolute atomic E-state index is 0.220. The zero-order valence-electron chi connectivity index (χ0n) is 4.22. The molecule has 0 radical (unpaired) electrons. The Morgan fingerprint density at radius 3 is 2.00 bits per heavy atom. The quantitative estimate of drug-likeness (QED) is 0.537. The molecule has 2 N–H and O–H groups in total. The van der Waals surface area contributed by atoms with Crippen LogP contribution in [0.2, 0.25) is 0 Å². The maximum Gasteiger partial charge on any atom is 0.137 e. The first-order valence-corrected chi connectivity index (χ1v) is 3.46. The first-order chi connectivity index (χ1) is 3.72. The molecule has 4 heteroatoms. The van der Waals surface area contributed by atoms with Gasteiger partial charge in [0.25, 0.3) is 0 Å². The lowest BCUT2D eigenvalue weighted by Crippen LogP contribution is -2.22. The summed E-state index contributed by atoms with van der Waals surface area (Å²) in [4.78, 5) is 0. The second kappa shape index (κ2) is 4.46. The molecule has 50 valence electrons. The number of rotatable bonds is 3. The maximum atomic E-state index is 12.1. The molecule has 0 bridgehead atoms. The molecule has 8 heavy (non-hydrogen) atoms. The molecule has 0 rings (SSSR count). The van der Waals surface area contributed by atoms with Crippen molar-refractivity contribution in [2.24, 2.45) is 0 Å². The van der Waals surface area contributed by atoms with E-state index < -0.39 is 16.7 Å². The Morgan fingerprint density at radius 2 is 1.88 bits per heavy atom. The van der Waals surface area contributed by atoms with E-state index in [0.717, 1.165) is 0 Å². The largest absolute Gasteiger partial charge is 0.395 e. The Bertz CT molecular complexity index is 54.0. The van der Waals surface area contributed by atoms with Crippen molar-refractivity contribution in [3.8, 4) is 0 Å². The number of alkyl halides is 2. The minimum Gasteiger partial charge on any atom is -0.395 e. The first-order valence-electron chi connectivity index (χ1n) is 2.22. The standard InChI is InChI=1S/C4H8FIO2/c5-3(1-7)4(6)2-8/h3-4,7-8H,1-2H2. The summed E-state index contributed by atoms with van der Waals surface area (Å²) in [5.74, 6) is 0. The van der Waals surface area contributed by atoms with Crippen LogP contribution in [0.15, 0.2) is 0 Å². The van der Waals surface area contributed by atoms with Crippen molar-refractivity contribution in [2.75, 3.05) is 13.2 Å². The summed E-state index contributed by atoms with van der Waals surface area (Å²) < 4.78 is 11.6. The summed E-state index contributed by atoms with van der Waals surface area (Å²) in [6, 6.07) is 0. The third-order valence-electron chi connectivity index (χ3n) is 0.741. The highest BCUT2D eigenvalue weighted by atomic mass is 127.